The lowest BCUT2D eigenvalue weighted by molar-refractivity contribution is -0.127. The minimum atomic E-state index is -0.610. The maximum Gasteiger partial charge on any atom is 0.291 e. The molecule has 2 heterocycles. The number of nitrogens with one attached hydrogen (secondary N) is 2. The number of furan rings is 1. The normalized spacial score (nSPS) is 10.5. The topological polar surface area (TPSA) is 134 Å². The van der Waals surface area contributed by atoms with E-state index in [0.29, 0.717) is 13.1 Å². The quantitative estimate of drug-likeness (QED) is 0.495. The molecule has 0 saturated carbocycles. The van der Waals surface area contributed by atoms with Crippen LogP contribution in [0.2, 0.25) is 0 Å². The van der Waals surface area contributed by atoms with Gasteiger partial charge >= 0.3 is 0 Å². The highest BCUT2D eigenvalue weighted by Crippen LogP contribution is 2.17. The maximum atomic E-state index is 12.1. The van der Waals surface area contributed by atoms with E-state index in [4.69, 9.17) is 10.2 Å². The lowest BCUT2D eigenvalue weighted by Gasteiger charge is -2.18. The van der Waals surface area contributed by atoms with Gasteiger partial charge in [-0.1, -0.05) is 11.8 Å². The van der Waals surface area contributed by atoms with Crippen LogP contribution < -0.4 is 16.6 Å². The second kappa shape index (κ2) is 8.38. The predicted molar refractivity (Wildman–Crippen MR) is 94.6 cm³/mol. The molecule has 2 rings (SSSR count). The fraction of sp³-hybridized carbons (Fsp3) is 0.333. The van der Waals surface area contributed by atoms with Crippen LogP contribution in [0.4, 0.5) is 11.5 Å². The van der Waals surface area contributed by atoms with Gasteiger partial charge in [0.15, 0.2) is 22.4 Å². The Morgan fingerprint density at radius 3 is 2.68 bits per heavy atom. The van der Waals surface area contributed by atoms with Crippen molar-refractivity contribution in [2.45, 2.75) is 19.0 Å². The van der Waals surface area contributed by atoms with Gasteiger partial charge in [0.05, 0.1) is 12.0 Å². The van der Waals surface area contributed by atoms with Gasteiger partial charge in [0.2, 0.25) is 5.91 Å². The summed E-state index contributed by atoms with van der Waals surface area (Å²) in [7, 11) is 0. The van der Waals surface area contributed by atoms with Crippen LogP contribution in [0, 0.1) is 0 Å². The summed E-state index contributed by atoms with van der Waals surface area (Å²) in [5, 5.41) is 2.57. The van der Waals surface area contributed by atoms with Crippen molar-refractivity contribution in [1.82, 2.24) is 14.9 Å². The number of nitrogens with two attached hydrogens (primary N) is 1. The molecule has 0 aromatic carbocycles. The fourth-order valence-electron chi connectivity index (χ4n) is 2.04. The molecule has 134 valence electrons. The Bertz CT molecular complexity index is 799. The first-order chi connectivity index (χ1) is 12.0. The number of aromatic amines is 1. The van der Waals surface area contributed by atoms with E-state index < -0.39 is 11.5 Å². The van der Waals surface area contributed by atoms with Crippen molar-refractivity contribution in [3.05, 3.63) is 34.5 Å². The SMILES string of the molecule is CCN(CC)C(=O)CSc1nc(N)c(NC(=O)c2ccco2)c(=O)[nH]1. The molecule has 2 aromatic heterocycles. The number of carbonyl (C=O) groups excluding carboxylic acids is 2. The van der Waals surface area contributed by atoms with E-state index in [1.807, 2.05) is 13.8 Å². The highest BCUT2D eigenvalue weighted by molar-refractivity contribution is 7.99. The Morgan fingerprint density at radius 2 is 2.12 bits per heavy atom. The van der Waals surface area contributed by atoms with Crippen LogP contribution in [0.5, 0.6) is 0 Å². The summed E-state index contributed by atoms with van der Waals surface area (Å²) in [6, 6.07) is 3.00. The number of anilines is 2. The third-order valence-electron chi connectivity index (χ3n) is 3.36. The molecule has 0 atom stereocenters. The van der Waals surface area contributed by atoms with Crippen LogP contribution in [0.25, 0.3) is 0 Å². The summed E-state index contributed by atoms with van der Waals surface area (Å²) in [4.78, 5) is 44.2. The minimum absolute atomic E-state index is 0.0436. The first kappa shape index (κ1) is 18.6. The number of aromatic nitrogens is 2. The largest absolute Gasteiger partial charge is 0.459 e. The van der Waals surface area contributed by atoms with Gasteiger partial charge in [-0.2, -0.15) is 0 Å². The molecule has 0 aliphatic rings. The third kappa shape index (κ3) is 4.63. The maximum absolute atomic E-state index is 12.1. The first-order valence-electron chi connectivity index (χ1n) is 7.61. The summed E-state index contributed by atoms with van der Waals surface area (Å²) in [5.41, 5.74) is 4.99. The Balaban J connectivity index is 2.08. The Labute approximate surface area is 148 Å². The van der Waals surface area contributed by atoms with Crippen LogP contribution in [0.3, 0.4) is 0 Å². The Morgan fingerprint density at radius 1 is 1.40 bits per heavy atom. The van der Waals surface area contributed by atoms with Gasteiger partial charge in [0.1, 0.15) is 0 Å². The van der Waals surface area contributed by atoms with E-state index in [-0.39, 0.29) is 34.1 Å². The van der Waals surface area contributed by atoms with Crippen molar-refractivity contribution >= 4 is 35.1 Å². The van der Waals surface area contributed by atoms with Gasteiger partial charge in [-0.15, -0.1) is 0 Å². The number of H-pyrrole nitrogens is 1. The molecular weight excluding hydrogens is 346 g/mol. The van der Waals surface area contributed by atoms with Crippen LogP contribution in [0.15, 0.2) is 32.8 Å². The Kier molecular flexibility index (Phi) is 6.23. The molecule has 0 saturated heterocycles. The van der Waals surface area contributed by atoms with E-state index in [2.05, 4.69) is 15.3 Å². The summed E-state index contributed by atoms with van der Waals surface area (Å²) < 4.78 is 4.95. The second-order valence-corrected chi connectivity index (χ2v) is 5.88. The molecule has 4 N–H and O–H groups in total. The number of thioether (sulfide) groups is 1. The van der Waals surface area contributed by atoms with Crippen molar-refractivity contribution < 1.29 is 14.0 Å². The van der Waals surface area contributed by atoms with Crippen molar-refractivity contribution in [2.75, 3.05) is 29.9 Å². The molecule has 0 fully saturated rings. The highest BCUT2D eigenvalue weighted by atomic mass is 32.2. The van der Waals surface area contributed by atoms with E-state index in [1.54, 1.807) is 11.0 Å². The molecule has 0 aliphatic heterocycles. The average Bonchev–Trinajstić information content (AvgIpc) is 3.12. The summed E-state index contributed by atoms with van der Waals surface area (Å²) in [6.45, 7) is 5.00. The van der Waals surface area contributed by atoms with E-state index in [0.717, 1.165) is 11.8 Å². The number of rotatable bonds is 7. The Hall–Kier alpha value is -2.75. The zero-order valence-electron chi connectivity index (χ0n) is 13.9. The van der Waals surface area contributed by atoms with E-state index >= 15 is 0 Å². The second-order valence-electron chi connectivity index (χ2n) is 4.92. The smallest absolute Gasteiger partial charge is 0.291 e. The predicted octanol–water partition coefficient (Wildman–Crippen LogP) is 1.16. The van der Waals surface area contributed by atoms with Crippen LogP contribution in [0.1, 0.15) is 24.4 Å². The number of nitrogens with zero attached hydrogens (tertiary/aromatic N) is 2. The lowest BCUT2D eigenvalue weighted by Crippen LogP contribution is -2.32. The zero-order valence-corrected chi connectivity index (χ0v) is 14.7. The average molecular weight is 365 g/mol. The fourth-order valence-corrected chi connectivity index (χ4v) is 2.81. The summed E-state index contributed by atoms with van der Waals surface area (Å²) >= 11 is 1.07. The third-order valence-corrected chi connectivity index (χ3v) is 4.22. The zero-order chi connectivity index (χ0) is 18.4. The molecular formula is C15H19N5O4S. The van der Waals surface area contributed by atoms with Crippen molar-refractivity contribution in [1.29, 1.82) is 0 Å². The standard InChI is InChI=1S/C15H19N5O4S/c1-3-20(4-2)10(21)8-25-15-18-12(16)11(14(23)19-15)17-13(22)9-6-5-7-24-9/h5-7H,3-4,8H2,1-2H3,(H,17,22)(H3,16,18,19,23). The molecule has 0 spiro atoms. The number of amides is 2. The van der Waals surface area contributed by atoms with Gasteiger partial charge in [-0.3, -0.25) is 19.4 Å². The van der Waals surface area contributed by atoms with Crippen LogP contribution in [-0.2, 0) is 4.79 Å². The molecule has 0 unspecified atom stereocenters. The summed E-state index contributed by atoms with van der Waals surface area (Å²) in [6.07, 6.45) is 1.34. The van der Waals surface area contributed by atoms with E-state index in [9.17, 15) is 14.4 Å². The van der Waals surface area contributed by atoms with Gasteiger partial charge in [-0.25, -0.2) is 4.98 Å². The molecule has 10 heteroatoms. The van der Waals surface area contributed by atoms with Crippen molar-refractivity contribution in [3.8, 4) is 0 Å². The molecule has 2 amide bonds. The van der Waals surface area contributed by atoms with Gasteiger partial charge in [0, 0.05) is 13.1 Å². The molecule has 0 radical (unpaired) electrons. The minimum Gasteiger partial charge on any atom is -0.459 e. The first-order valence-corrected chi connectivity index (χ1v) is 8.60. The van der Waals surface area contributed by atoms with E-state index in [1.165, 1.54) is 12.3 Å². The van der Waals surface area contributed by atoms with Crippen molar-refractivity contribution in [3.63, 3.8) is 0 Å². The van der Waals surface area contributed by atoms with Gasteiger partial charge in [-0.05, 0) is 26.0 Å². The van der Waals surface area contributed by atoms with Crippen LogP contribution in [-0.4, -0.2) is 45.5 Å². The lowest BCUT2D eigenvalue weighted by atomic mass is 10.4. The monoisotopic (exact) mass is 365 g/mol. The molecule has 0 bridgehead atoms. The van der Waals surface area contributed by atoms with Crippen LogP contribution >= 0.6 is 11.8 Å². The molecule has 2 aromatic rings. The molecule has 9 nitrogen and oxygen atoms in total. The summed E-state index contributed by atoms with van der Waals surface area (Å²) in [5.74, 6) is -0.640. The van der Waals surface area contributed by atoms with Gasteiger partial charge < -0.3 is 20.4 Å². The number of hydrogen-bond acceptors (Lipinski definition) is 7. The van der Waals surface area contributed by atoms with Crippen molar-refractivity contribution in [2.24, 2.45) is 0 Å². The molecule has 0 aliphatic carbocycles. The highest BCUT2D eigenvalue weighted by Gasteiger charge is 2.16. The number of hydrogen-bond donors (Lipinski definition) is 3. The molecule has 25 heavy (non-hydrogen) atoms. The number of nitrogen functional groups attached to an aromatic ring is 1. The number of carbonyl (C=O) groups is 2. The van der Waals surface area contributed by atoms with Gasteiger partial charge in [0.25, 0.3) is 11.5 Å².